The summed E-state index contributed by atoms with van der Waals surface area (Å²) in [5.41, 5.74) is 0.356. The lowest BCUT2D eigenvalue weighted by Crippen LogP contribution is -2.46. The van der Waals surface area contributed by atoms with E-state index < -0.39 is 18.0 Å². The SMILES string of the molecule is C[C@H](NC(=O)NC[C@@H](O)c1ccc(Cl)c(F)c1)[C@@H]1CCCO1. The largest absolute Gasteiger partial charge is 0.387 e. The third-order valence-corrected chi connectivity index (χ3v) is 3.97. The first-order chi connectivity index (χ1) is 10.5. The summed E-state index contributed by atoms with van der Waals surface area (Å²) in [7, 11) is 0. The van der Waals surface area contributed by atoms with E-state index in [-0.39, 0.29) is 23.7 Å². The molecule has 1 aromatic rings. The van der Waals surface area contributed by atoms with Gasteiger partial charge in [-0.1, -0.05) is 17.7 Å². The van der Waals surface area contributed by atoms with Gasteiger partial charge < -0.3 is 20.5 Å². The van der Waals surface area contributed by atoms with Crippen molar-refractivity contribution in [3.8, 4) is 0 Å². The molecule has 0 radical (unpaired) electrons. The Morgan fingerprint density at radius 1 is 1.59 bits per heavy atom. The third kappa shape index (κ3) is 4.56. The van der Waals surface area contributed by atoms with E-state index in [1.54, 1.807) is 0 Å². The number of urea groups is 1. The van der Waals surface area contributed by atoms with Gasteiger partial charge in [-0.25, -0.2) is 9.18 Å². The number of benzene rings is 1. The van der Waals surface area contributed by atoms with Crippen molar-refractivity contribution in [1.82, 2.24) is 10.6 Å². The molecule has 22 heavy (non-hydrogen) atoms. The summed E-state index contributed by atoms with van der Waals surface area (Å²) in [6.07, 6.45) is 0.949. The standard InChI is InChI=1S/C15H20ClFN2O3/c1-9(14-3-2-6-22-14)19-15(21)18-8-13(20)10-4-5-11(16)12(17)7-10/h4-5,7,9,13-14,20H,2-3,6,8H2,1H3,(H2,18,19,21)/t9-,13+,14-/m0/s1. The van der Waals surface area contributed by atoms with Crippen molar-refractivity contribution in [3.05, 3.63) is 34.6 Å². The molecule has 7 heteroatoms. The average molecular weight is 331 g/mol. The highest BCUT2D eigenvalue weighted by Gasteiger charge is 2.23. The van der Waals surface area contributed by atoms with E-state index in [2.05, 4.69) is 10.6 Å². The maximum Gasteiger partial charge on any atom is 0.315 e. The molecule has 5 nitrogen and oxygen atoms in total. The highest BCUT2D eigenvalue weighted by molar-refractivity contribution is 6.30. The molecule has 3 atom stereocenters. The fraction of sp³-hybridized carbons (Fsp3) is 0.533. The quantitative estimate of drug-likeness (QED) is 0.776. The first-order valence-electron chi connectivity index (χ1n) is 7.26. The second-order valence-electron chi connectivity index (χ2n) is 5.38. The Kier molecular flexibility index (Phi) is 5.99. The Balaban J connectivity index is 1.78. The van der Waals surface area contributed by atoms with Gasteiger partial charge in [-0.2, -0.15) is 0 Å². The number of carbonyl (C=O) groups is 1. The Labute approximate surface area is 133 Å². The molecule has 1 fully saturated rings. The average Bonchev–Trinajstić information content (AvgIpc) is 3.02. The monoisotopic (exact) mass is 330 g/mol. The van der Waals surface area contributed by atoms with Crippen LogP contribution in [0.25, 0.3) is 0 Å². The van der Waals surface area contributed by atoms with Crippen molar-refractivity contribution in [2.24, 2.45) is 0 Å². The fourth-order valence-electron chi connectivity index (χ4n) is 2.37. The van der Waals surface area contributed by atoms with Crippen LogP contribution in [-0.2, 0) is 4.74 Å². The van der Waals surface area contributed by atoms with Crippen molar-refractivity contribution in [2.45, 2.75) is 38.0 Å². The van der Waals surface area contributed by atoms with E-state index in [0.29, 0.717) is 5.56 Å². The summed E-state index contributed by atoms with van der Waals surface area (Å²) in [6, 6.07) is 3.55. The highest BCUT2D eigenvalue weighted by Crippen LogP contribution is 2.20. The highest BCUT2D eigenvalue weighted by atomic mass is 35.5. The molecular weight excluding hydrogens is 311 g/mol. The Morgan fingerprint density at radius 2 is 2.36 bits per heavy atom. The number of hydrogen-bond acceptors (Lipinski definition) is 3. The molecule has 1 aliphatic rings. The second kappa shape index (κ2) is 7.76. The van der Waals surface area contributed by atoms with Gasteiger partial charge in [-0.15, -0.1) is 0 Å². The molecular formula is C15H20ClFN2O3. The minimum Gasteiger partial charge on any atom is -0.387 e. The normalized spacial score (nSPS) is 20.5. The van der Waals surface area contributed by atoms with E-state index in [9.17, 15) is 14.3 Å². The number of amides is 2. The van der Waals surface area contributed by atoms with Gasteiger partial charge in [0, 0.05) is 13.2 Å². The number of ether oxygens (including phenoxy) is 1. The van der Waals surface area contributed by atoms with E-state index >= 15 is 0 Å². The van der Waals surface area contributed by atoms with Crippen LogP contribution in [0.5, 0.6) is 0 Å². The van der Waals surface area contributed by atoms with Crippen molar-refractivity contribution < 1.29 is 19.0 Å². The second-order valence-corrected chi connectivity index (χ2v) is 5.79. The van der Waals surface area contributed by atoms with Crippen molar-refractivity contribution in [1.29, 1.82) is 0 Å². The van der Waals surface area contributed by atoms with Crippen LogP contribution in [-0.4, -0.2) is 36.4 Å². The van der Waals surface area contributed by atoms with Crippen LogP contribution in [0.3, 0.4) is 0 Å². The van der Waals surface area contributed by atoms with Crippen LogP contribution in [0.15, 0.2) is 18.2 Å². The van der Waals surface area contributed by atoms with E-state index in [4.69, 9.17) is 16.3 Å². The minimum absolute atomic E-state index is 0.00737. The van der Waals surface area contributed by atoms with Gasteiger partial charge in [0.25, 0.3) is 0 Å². The van der Waals surface area contributed by atoms with Gasteiger partial charge in [-0.05, 0) is 37.5 Å². The molecule has 1 aromatic carbocycles. The maximum absolute atomic E-state index is 13.3. The summed E-state index contributed by atoms with van der Waals surface area (Å²) in [5, 5.41) is 15.3. The van der Waals surface area contributed by atoms with Gasteiger partial charge >= 0.3 is 6.03 Å². The van der Waals surface area contributed by atoms with Gasteiger partial charge in [0.2, 0.25) is 0 Å². The summed E-state index contributed by atoms with van der Waals surface area (Å²) < 4.78 is 18.8. The molecule has 1 aliphatic heterocycles. The number of carbonyl (C=O) groups excluding carboxylic acids is 1. The minimum atomic E-state index is -1.00. The molecule has 0 unspecified atom stereocenters. The molecule has 0 spiro atoms. The number of nitrogens with one attached hydrogen (secondary N) is 2. The molecule has 0 bridgehead atoms. The Bertz CT molecular complexity index is 524. The van der Waals surface area contributed by atoms with Crippen molar-refractivity contribution in [3.63, 3.8) is 0 Å². The molecule has 1 heterocycles. The summed E-state index contributed by atoms with van der Waals surface area (Å²) in [6.45, 7) is 2.57. The van der Waals surface area contributed by atoms with E-state index in [0.717, 1.165) is 25.5 Å². The lowest BCUT2D eigenvalue weighted by atomic mass is 10.1. The number of rotatable bonds is 5. The smallest absolute Gasteiger partial charge is 0.315 e. The topological polar surface area (TPSA) is 70.6 Å². The van der Waals surface area contributed by atoms with Crippen LogP contribution in [0.4, 0.5) is 9.18 Å². The summed E-state index contributed by atoms with van der Waals surface area (Å²) >= 11 is 5.58. The Hall–Kier alpha value is -1.37. The van der Waals surface area contributed by atoms with Crippen LogP contribution in [0, 0.1) is 5.82 Å². The fourth-order valence-corrected chi connectivity index (χ4v) is 2.49. The summed E-state index contributed by atoms with van der Waals surface area (Å²) in [4.78, 5) is 11.8. The molecule has 2 rings (SSSR count). The molecule has 2 amide bonds. The van der Waals surface area contributed by atoms with Crippen molar-refractivity contribution >= 4 is 17.6 Å². The van der Waals surface area contributed by atoms with Gasteiger partial charge in [0.1, 0.15) is 5.82 Å². The number of hydrogen-bond donors (Lipinski definition) is 3. The van der Waals surface area contributed by atoms with Crippen LogP contribution in [0.2, 0.25) is 5.02 Å². The lowest BCUT2D eigenvalue weighted by Gasteiger charge is -2.21. The zero-order chi connectivity index (χ0) is 16.1. The summed E-state index contributed by atoms with van der Waals surface area (Å²) in [5.74, 6) is -0.602. The molecule has 0 aliphatic carbocycles. The first kappa shape index (κ1) is 17.0. The van der Waals surface area contributed by atoms with Gasteiger partial charge in [0.05, 0.1) is 23.3 Å². The maximum atomic E-state index is 13.3. The van der Waals surface area contributed by atoms with Crippen LogP contribution in [0.1, 0.15) is 31.4 Å². The molecule has 0 saturated carbocycles. The molecule has 122 valence electrons. The van der Waals surface area contributed by atoms with E-state index in [1.807, 2.05) is 6.92 Å². The molecule has 3 N–H and O–H groups in total. The number of halogens is 2. The van der Waals surface area contributed by atoms with Gasteiger partial charge in [0.15, 0.2) is 0 Å². The zero-order valence-corrected chi connectivity index (χ0v) is 13.1. The molecule has 1 saturated heterocycles. The van der Waals surface area contributed by atoms with Crippen LogP contribution < -0.4 is 10.6 Å². The molecule has 0 aromatic heterocycles. The van der Waals surface area contributed by atoms with Crippen molar-refractivity contribution in [2.75, 3.05) is 13.2 Å². The Morgan fingerprint density at radius 3 is 3.00 bits per heavy atom. The predicted octanol–water partition coefficient (Wildman–Crippen LogP) is 2.38. The van der Waals surface area contributed by atoms with Gasteiger partial charge in [-0.3, -0.25) is 0 Å². The zero-order valence-electron chi connectivity index (χ0n) is 12.3. The van der Waals surface area contributed by atoms with Crippen LogP contribution >= 0.6 is 11.6 Å². The number of aliphatic hydroxyl groups is 1. The van der Waals surface area contributed by atoms with E-state index in [1.165, 1.54) is 12.1 Å². The third-order valence-electron chi connectivity index (χ3n) is 3.67. The number of aliphatic hydroxyl groups excluding tert-OH is 1. The predicted molar refractivity (Wildman–Crippen MR) is 81.3 cm³/mol. The first-order valence-corrected chi connectivity index (χ1v) is 7.64. The lowest BCUT2D eigenvalue weighted by molar-refractivity contribution is 0.0856.